The van der Waals surface area contributed by atoms with Crippen molar-refractivity contribution in [3.05, 3.63) is 131 Å². The van der Waals surface area contributed by atoms with Crippen LogP contribution >= 0.6 is 11.6 Å². The number of amides is 2. The summed E-state index contributed by atoms with van der Waals surface area (Å²) in [6.07, 6.45) is 0.347. The molecule has 0 aromatic heterocycles. The van der Waals surface area contributed by atoms with Gasteiger partial charge in [0.25, 0.3) is 5.91 Å². The molecule has 200 valence electrons. The molecule has 2 amide bonds. The first kappa shape index (κ1) is 27.7. The van der Waals surface area contributed by atoms with Gasteiger partial charge in [-0.2, -0.15) is 0 Å². The van der Waals surface area contributed by atoms with Crippen molar-refractivity contribution in [3.8, 4) is 11.5 Å². The summed E-state index contributed by atoms with van der Waals surface area (Å²) in [4.78, 5) is 29.0. The average Bonchev–Trinajstić information content (AvgIpc) is 2.98. The number of hydrogen-bond acceptors (Lipinski definition) is 4. The zero-order valence-electron chi connectivity index (χ0n) is 21.8. The normalized spacial score (nSPS) is 11.3. The van der Waals surface area contributed by atoms with Gasteiger partial charge in [0.15, 0.2) is 6.61 Å². The molecule has 4 aromatic rings. The minimum Gasteiger partial charge on any atom is -0.497 e. The van der Waals surface area contributed by atoms with E-state index >= 15 is 0 Å². The predicted octanol–water partition coefficient (Wildman–Crippen LogP) is 5.68. The third-order valence-electron chi connectivity index (χ3n) is 6.27. The lowest BCUT2D eigenvalue weighted by atomic mass is 10.0. The van der Waals surface area contributed by atoms with Crippen LogP contribution in [0.15, 0.2) is 109 Å². The van der Waals surface area contributed by atoms with E-state index in [2.05, 4.69) is 5.32 Å². The molecule has 0 fully saturated rings. The van der Waals surface area contributed by atoms with E-state index in [1.54, 1.807) is 36.3 Å². The molecule has 0 radical (unpaired) electrons. The van der Waals surface area contributed by atoms with Crippen LogP contribution in [0.25, 0.3) is 0 Å². The first-order chi connectivity index (χ1) is 19.0. The van der Waals surface area contributed by atoms with Gasteiger partial charge >= 0.3 is 0 Å². The molecule has 0 bridgehead atoms. The Bertz CT molecular complexity index is 1330. The molecule has 4 aromatic carbocycles. The van der Waals surface area contributed by atoms with Crippen molar-refractivity contribution in [2.75, 3.05) is 13.7 Å². The van der Waals surface area contributed by atoms with E-state index in [4.69, 9.17) is 21.1 Å². The summed E-state index contributed by atoms with van der Waals surface area (Å²) in [5.74, 6) is 0.775. The van der Waals surface area contributed by atoms with E-state index in [0.29, 0.717) is 23.7 Å². The Hall–Kier alpha value is -4.29. The maximum atomic E-state index is 13.7. The van der Waals surface area contributed by atoms with Gasteiger partial charge < -0.3 is 19.7 Å². The minimum atomic E-state index is -0.770. The topological polar surface area (TPSA) is 67.9 Å². The molecule has 0 aliphatic carbocycles. The molecule has 0 heterocycles. The van der Waals surface area contributed by atoms with Gasteiger partial charge in [0, 0.05) is 24.5 Å². The van der Waals surface area contributed by atoms with Crippen molar-refractivity contribution >= 4 is 23.4 Å². The number of carbonyl (C=O) groups is 2. The molecule has 1 N–H and O–H groups in total. The predicted molar refractivity (Wildman–Crippen MR) is 153 cm³/mol. The standard InChI is InChI=1S/C32H31ClN2O4/c1-38-28-18-14-25(15-19-28)21-34-32(37)30(20-24-8-4-2-5-9-24)35(22-26-12-16-27(33)17-13-26)31(36)23-39-29-10-6-3-7-11-29/h2-19,30H,20-23H2,1H3,(H,34,37)/t30-/m0/s1. The molecule has 0 spiro atoms. The Balaban J connectivity index is 1.59. The van der Waals surface area contributed by atoms with Crippen LogP contribution in [0, 0.1) is 0 Å². The monoisotopic (exact) mass is 542 g/mol. The molecule has 7 heteroatoms. The SMILES string of the molecule is COc1ccc(CNC(=O)[C@H](Cc2ccccc2)N(Cc2ccc(Cl)cc2)C(=O)COc2ccccc2)cc1. The minimum absolute atomic E-state index is 0.200. The lowest BCUT2D eigenvalue weighted by molar-refractivity contribution is -0.142. The maximum Gasteiger partial charge on any atom is 0.261 e. The van der Waals surface area contributed by atoms with Crippen molar-refractivity contribution in [3.63, 3.8) is 0 Å². The van der Waals surface area contributed by atoms with E-state index < -0.39 is 6.04 Å². The lowest BCUT2D eigenvalue weighted by Crippen LogP contribution is -2.51. The number of nitrogens with zero attached hydrogens (tertiary/aromatic N) is 1. The molecular weight excluding hydrogens is 512 g/mol. The van der Waals surface area contributed by atoms with Crippen LogP contribution in [0.1, 0.15) is 16.7 Å². The number of rotatable bonds is 12. The van der Waals surface area contributed by atoms with Crippen LogP contribution in [-0.4, -0.2) is 36.5 Å². The molecule has 6 nitrogen and oxygen atoms in total. The van der Waals surface area contributed by atoms with Crippen molar-refractivity contribution in [2.45, 2.75) is 25.6 Å². The molecule has 0 unspecified atom stereocenters. The zero-order chi connectivity index (χ0) is 27.5. The average molecular weight is 543 g/mol. The van der Waals surface area contributed by atoms with E-state index in [1.165, 1.54) is 0 Å². The molecule has 0 aliphatic rings. The maximum absolute atomic E-state index is 13.7. The van der Waals surface area contributed by atoms with Gasteiger partial charge in [0.05, 0.1) is 7.11 Å². The molecule has 4 rings (SSSR count). The van der Waals surface area contributed by atoms with Crippen LogP contribution in [0.4, 0.5) is 0 Å². The summed E-state index contributed by atoms with van der Waals surface area (Å²) in [6.45, 7) is 0.341. The van der Waals surface area contributed by atoms with Gasteiger partial charge in [-0.3, -0.25) is 9.59 Å². The van der Waals surface area contributed by atoms with Crippen LogP contribution in [0.2, 0.25) is 5.02 Å². The third kappa shape index (κ3) is 8.35. The second-order valence-electron chi connectivity index (χ2n) is 9.02. The number of benzene rings is 4. The van der Waals surface area contributed by atoms with Crippen molar-refractivity contribution in [1.82, 2.24) is 10.2 Å². The highest BCUT2D eigenvalue weighted by Gasteiger charge is 2.30. The zero-order valence-corrected chi connectivity index (χ0v) is 22.5. The highest BCUT2D eigenvalue weighted by molar-refractivity contribution is 6.30. The Morgan fingerprint density at radius 1 is 0.769 bits per heavy atom. The van der Waals surface area contributed by atoms with Gasteiger partial charge in [-0.25, -0.2) is 0 Å². The van der Waals surface area contributed by atoms with Crippen LogP contribution in [-0.2, 0) is 29.1 Å². The number of para-hydroxylation sites is 1. The number of carbonyl (C=O) groups excluding carboxylic acids is 2. The number of halogens is 1. The molecule has 0 aliphatic heterocycles. The molecule has 0 saturated heterocycles. The fourth-order valence-corrected chi connectivity index (χ4v) is 4.26. The summed E-state index contributed by atoms with van der Waals surface area (Å²) in [6, 6.07) is 32.8. The molecule has 0 saturated carbocycles. The van der Waals surface area contributed by atoms with Gasteiger partial charge in [0.2, 0.25) is 5.91 Å². The fourth-order valence-electron chi connectivity index (χ4n) is 4.14. The summed E-state index contributed by atoms with van der Waals surface area (Å²) in [5.41, 5.74) is 2.72. The lowest BCUT2D eigenvalue weighted by Gasteiger charge is -2.31. The van der Waals surface area contributed by atoms with Gasteiger partial charge in [-0.1, -0.05) is 84.4 Å². The highest BCUT2D eigenvalue weighted by atomic mass is 35.5. The second-order valence-corrected chi connectivity index (χ2v) is 9.46. The Morgan fingerprint density at radius 3 is 2.03 bits per heavy atom. The second kappa shape index (κ2) is 14.0. The summed E-state index contributed by atoms with van der Waals surface area (Å²) < 4.78 is 11.0. The molecule has 39 heavy (non-hydrogen) atoms. The number of hydrogen-bond donors (Lipinski definition) is 1. The van der Waals surface area contributed by atoms with E-state index in [9.17, 15) is 9.59 Å². The van der Waals surface area contributed by atoms with Crippen LogP contribution < -0.4 is 14.8 Å². The van der Waals surface area contributed by atoms with Gasteiger partial charge in [0.1, 0.15) is 17.5 Å². The summed E-state index contributed by atoms with van der Waals surface area (Å²) in [7, 11) is 1.61. The van der Waals surface area contributed by atoms with Crippen LogP contribution in [0.3, 0.4) is 0 Å². The first-order valence-corrected chi connectivity index (χ1v) is 13.1. The van der Waals surface area contributed by atoms with Gasteiger partial charge in [-0.05, 0) is 53.1 Å². The smallest absolute Gasteiger partial charge is 0.261 e. The fraction of sp³-hybridized carbons (Fsp3) is 0.188. The quantitative estimate of drug-likeness (QED) is 0.250. The van der Waals surface area contributed by atoms with E-state index in [1.807, 2.05) is 84.9 Å². The Labute approximate surface area is 234 Å². The highest BCUT2D eigenvalue weighted by Crippen LogP contribution is 2.18. The summed E-state index contributed by atoms with van der Waals surface area (Å²) in [5, 5.41) is 3.62. The number of nitrogens with one attached hydrogen (secondary N) is 1. The van der Waals surface area contributed by atoms with E-state index in [-0.39, 0.29) is 25.0 Å². The molecular formula is C32H31ClN2O4. The van der Waals surface area contributed by atoms with Crippen LogP contribution in [0.5, 0.6) is 11.5 Å². The largest absolute Gasteiger partial charge is 0.497 e. The number of ether oxygens (including phenoxy) is 2. The third-order valence-corrected chi connectivity index (χ3v) is 6.52. The summed E-state index contributed by atoms with van der Waals surface area (Å²) >= 11 is 6.09. The van der Waals surface area contributed by atoms with Crippen molar-refractivity contribution < 1.29 is 19.1 Å². The Morgan fingerprint density at radius 2 is 1.38 bits per heavy atom. The van der Waals surface area contributed by atoms with Gasteiger partial charge in [-0.15, -0.1) is 0 Å². The Kier molecular flexibility index (Phi) is 9.98. The van der Waals surface area contributed by atoms with E-state index in [0.717, 1.165) is 22.4 Å². The van der Waals surface area contributed by atoms with Crippen molar-refractivity contribution in [1.29, 1.82) is 0 Å². The molecule has 1 atom stereocenters. The first-order valence-electron chi connectivity index (χ1n) is 12.7. The van der Waals surface area contributed by atoms with Crippen molar-refractivity contribution in [2.24, 2.45) is 0 Å². The number of methoxy groups -OCH3 is 1.